The second-order valence-corrected chi connectivity index (χ2v) is 5.26. The molecule has 0 aliphatic carbocycles. The predicted octanol–water partition coefficient (Wildman–Crippen LogP) is 1.83. The molecule has 15 heavy (non-hydrogen) atoms. The predicted molar refractivity (Wildman–Crippen MR) is 64.5 cm³/mol. The number of hydrogen-bond acceptors (Lipinski definition) is 2. The number of rotatable bonds is 4. The summed E-state index contributed by atoms with van der Waals surface area (Å²) in [6.07, 6.45) is 2.38. The molecular weight excluding hydrogens is 188 g/mol. The first-order valence-corrected chi connectivity index (χ1v) is 5.39. The summed E-state index contributed by atoms with van der Waals surface area (Å²) in [7, 11) is 0. The summed E-state index contributed by atoms with van der Waals surface area (Å²) in [6, 6.07) is -0.0933. The molecule has 1 unspecified atom stereocenters. The van der Waals surface area contributed by atoms with Crippen molar-refractivity contribution < 1.29 is 4.79 Å². The lowest BCUT2D eigenvalue weighted by atomic mass is 9.85. The van der Waals surface area contributed by atoms with Gasteiger partial charge in [-0.2, -0.15) is 0 Å². The molecule has 3 heteroatoms. The normalized spacial score (nSPS) is 13.2. The topological polar surface area (TPSA) is 55.1 Å². The van der Waals surface area contributed by atoms with E-state index in [2.05, 4.69) is 5.32 Å². The van der Waals surface area contributed by atoms with Crippen LogP contribution in [0.15, 0.2) is 11.6 Å². The Labute approximate surface area is 93.1 Å². The van der Waals surface area contributed by atoms with Gasteiger partial charge in [-0.3, -0.25) is 4.79 Å². The molecule has 1 atom stereocenters. The third-order valence-electron chi connectivity index (χ3n) is 2.33. The molecule has 0 aromatic rings. The number of carbonyl (C=O) groups is 1. The molecule has 0 saturated heterocycles. The highest BCUT2D eigenvalue weighted by Gasteiger charge is 2.22. The zero-order valence-corrected chi connectivity index (χ0v) is 10.6. The molecule has 0 bridgehead atoms. The van der Waals surface area contributed by atoms with Gasteiger partial charge in [0.05, 0.1) is 0 Å². The summed E-state index contributed by atoms with van der Waals surface area (Å²) in [4.78, 5) is 11.5. The molecule has 0 heterocycles. The molecule has 0 fully saturated rings. The van der Waals surface area contributed by atoms with Crippen molar-refractivity contribution in [1.29, 1.82) is 0 Å². The van der Waals surface area contributed by atoms with Gasteiger partial charge in [-0.25, -0.2) is 0 Å². The van der Waals surface area contributed by atoms with Crippen molar-refractivity contribution in [2.45, 2.75) is 47.1 Å². The number of amides is 1. The maximum atomic E-state index is 11.5. The zero-order chi connectivity index (χ0) is 12.1. The van der Waals surface area contributed by atoms with Gasteiger partial charge in [0.2, 0.25) is 5.91 Å². The van der Waals surface area contributed by atoms with Crippen LogP contribution in [-0.4, -0.2) is 18.5 Å². The van der Waals surface area contributed by atoms with Gasteiger partial charge in [0.1, 0.15) is 0 Å². The third-order valence-corrected chi connectivity index (χ3v) is 2.33. The number of hydrogen-bond donors (Lipinski definition) is 2. The smallest absolute Gasteiger partial charge is 0.221 e. The minimum atomic E-state index is -0.0933. The van der Waals surface area contributed by atoms with Crippen molar-refractivity contribution in [2.75, 3.05) is 6.54 Å². The lowest BCUT2D eigenvalue weighted by molar-refractivity contribution is -0.121. The van der Waals surface area contributed by atoms with Crippen molar-refractivity contribution in [3.05, 3.63) is 11.6 Å². The summed E-state index contributed by atoms with van der Waals surface area (Å²) >= 11 is 0. The molecule has 0 aliphatic heterocycles. The van der Waals surface area contributed by atoms with Gasteiger partial charge in [0.25, 0.3) is 0 Å². The molecule has 88 valence electrons. The van der Waals surface area contributed by atoms with E-state index < -0.39 is 0 Å². The monoisotopic (exact) mass is 212 g/mol. The van der Waals surface area contributed by atoms with E-state index in [4.69, 9.17) is 5.73 Å². The van der Waals surface area contributed by atoms with Crippen LogP contribution < -0.4 is 11.1 Å². The Morgan fingerprint density at radius 3 is 2.33 bits per heavy atom. The lowest BCUT2D eigenvalue weighted by Crippen LogP contribution is -2.40. The second kappa shape index (κ2) is 5.91. The Balaban J connectivity index is 3.90. The van der Waals surface area contributed by atoms with E-state index in [1.807, 2.05) is 40.7 Å². The molecule has 0 aromatic heterocycles. The van der Waals surface area contributed by atoms with Crippen LogP contribution in [0.1, 0.15) is 41.0 Å². The average molecular weight is 212 g/mol. The van der Waals surface area contributed by atoms with Crippen LogP contribution >= 0.6 is 0 Å². The largest absolute Gasteiger partial charge is 0.353 e. The summed E-state index contributed by atoms with van der Waals surface area (Å²) in [6.45, 7) is 10.7. The fraction of sp³-hybridized carbons (Fsp3) is 0.750. The van der Waals surface area contributed by atoms with E-state index in [-0.39, 0.29) is 17.4 Å². The quantitative estimate of drug-likeness (QED) is 0.699. The molecule has 1 amide bonds. The Hall–Kier alpha value is -0.830. The highest BCUT2D eigenvalue weighted by Crippen LogP contribution is 2.19. The van der Waals surface area contributed by atoms with Gasteiger partial charge in [-0.15, -0.1) is 0 Å². The third kappa shape index (κ3) is 7.14. The van der Waals surface area contributed by atoms with Crippen LogP contribution in [0.3, 0.4) is 0 Å². The summed E-state index contributed by atoms with van der Waals surface area (Å²) in [5, 5.41) is 2.82. The maximum Gasteiger partial charge on any atom is 0.221 e. The Morgan fingerprint density at radius 1 is 1.40 bits per heavy atom. The fourth-order valence-electron chi connectivity index (χ4n) is 0.947. The number of nitrogens with one attached hydrogen (secondary N) is 1. The SMILES string of the molecule is CC(C)=CCNC(=O)CC(N)C(C)(C)C. The van der Waals surface area contributed by atoms with E-state index in [0.29, 0.717) is 13.0 Å². The van der Waals surface area contributed by atoms with Crippen LogP contribution in [0.25, 0.3) is 0 Å². The minimum Gasteiger partial charge on any atom is -0.353 e. The van der Waals surface area contributed by atoms with E-state index >= 15 is 0 Å². The number of allylic oxidation sites excluding steroid dienone is 1. The van der Waals surface area contributed by atoms with E-state index in [0.717, 1.165) is 0 Å². The Morgan fingerprint density at radius 2 is 1.93 bits per heavy atom. The molecular formula is C12H24N2O. The van der Waals surface area contributed by atoms with Gasteiger partial charge in [-0.1, -0.05) is 32.4 Å². The number of nitrogens with two attached hydrogens (primary N) is 1. The molecule has 0 rings (SSSR count). The van der Waals surface area contributed by atoms with Gasteiger partial charge >= 0.3 is 0 Å². The molecule has 0 aliphatic rings. The van der Waals surface area contributed by atoms with E-state index in [9.17, 15) is 4.79 Å². The van der Waals surface area contributed by atoms with Crippen LogP contribution in [0.4, 0.5) is 0 Å². The highest BCUT2D eigenvalue weighted by atomic mass is 16.1. The maximum absolute atomic E-state index is 11.5. The van der Waals surface area contributed by atoms with Crippen molar-refractivity contribution in [3.8, 4) is 0 Å². The molecule has 3 nitrogen and oxygen atoms in total. The Kier molecular flexibility index (Phi) is 5.58. The molecule has 0 saturated carbocycles. The highest BCUT2D eigenvalue weighted by molar-refractivity contribution is 5.76. The van der Waals surface area contributed by atoms with Crippen LogP contribution in [0.5, 0.6) is 0 Å². The van der Waals surface area contributed by atoms with Crippen molar-refractivity contribution in [3.63, 3.8) is 0 Å². The second-order valence-electron chi connectivity index (χ2n) is 5.26. The zero-order valence-electron chi connectivity index (χ0n) is 10.6. The van der Waals surface area contributed by atoms with Crippen molar-refractivity contribution in [2.24, 2.45) is 11.1 Å². The first-order chi connectivity index (χ1) is 6.73. The van der Waals surface area contributed by atoms with Crippen molar-refractivity contribution >= 4 is 5.91 Å². The van der Waals surface area contributed by atoms with Gasteiger partial charge in [0, 0.05) is 19.0 Å². The molecule has 0 spiro atoms. The summed E-state index contributed by atoms with van der Waals surface area (Å²) < 4.78 is 0. The fourth-order valence-corrected chi connectivity index (χ4v) is 0.947. The molecule has 0 radical (unpaired) electrons. The van der Waals surface area contributed by atoms with Gasteiger partial charge in [-0.05, 0) is 19.3 Å². The van der Waals surface area contributed by atoms with E-state index in [1.54, 1.807) is 0 Å². The van der Waals surface area contributed by atoms with E-state index in [1.165, 1.54) is 5.57 Å². The number of carbonyl (C=O) groups excluding carboxylic acids is 1. The van der Waals surface area contributed by atoms with Crippen LogP contribution in [0, 0.1) is 5.41 Å². The van der Waals surface area contributed by atoms with Gasteiger partial charge in [0.15, 0.2) is 0 Å². The summed E-state index contributed by atoms with van der Waals surface area (Å²) in [5.74, 6) is 0.0231. The standard InChI is InChI=1S/C12H24N2O/c1-9(2)6-7-14-11(15)8-10(13)12(3,4)5/h6,10H,7-8,13H2,1-5H3,(H,14,15). The van der Waals surface area contributed by atoms with Crippen LogP contribution in [0.2, 0.25) is 0 Å². The first-order valence-electron chi connectivity index (χ1n) is 5.39. The van der Waals surface area contributed by atoms with Gasteiger partial charge < -0.3 is 11.1 Å². The summed E-state index contributed by atoms with van der Waals surface area (Å²) in [5.41, 5.74) is 7.09. The lowest BCUT2D eigenvalue weighted by Gasteiger charge is -2.26. The molecule has 0 aromatic carbocycles. The minimum absolute atomic E-state index is 0.0200. The van der Waals surface area contributed by atoms with Crippen LogP contribution in [-0.2, 0) is 4.79 Å². The average Bonchev–Trinajstić information content (AvgIpc) is 2.01. The molecule has 3 N–H and O–H groups in total. The van der Waals surface area contributed by atoms with Crippen molar-refractivity contribution in [1.82, 2.24) is 5.32 Å². The Bertz CT molecular complexity index is 234. The first kappa shape index (κ1) is 14.2.